The van der Waals surface area contributed by atoms with Crippen LogP contribution in [0.3, 0.4) is 0 Å². The zero-order valence-corrected chi connectivity index (χ0v) is 14.6. The van der Waals surface area contributed by atoms with Crippen LogP contribution in [-0.2, 0) is 4.79 Å². The summed E-state index contributed by atoms with van der Waals surface area (Å²) in [5, 5.41) is 0. The van der Waals surface area contributed by atoms with Crippen molar-refractivity contribution in [3.05, 3.63) is 21.3 Å². The smallest absolute Gasteiger partial charge is 0.349 e. The van der Waals surface area contributed by atoms with Gasteiger partial charge in [-0.1, -0.05) is 33.0 Å². The van der Waals surface area contributed by atoms with Gasteiger partial charge in [-0.15, -0.1) is 22.7 Å². The lowest BCUT2D eigenvalue weighted by Gasteiger charge is -2.23. The lowest BCUT2D eigenvalue weighted by molar-refractivity contribution is -0.149. The highest BCUT2D eigenvalue weighted by molar-refractivity contribution is 7.77. The van der Waals surface area contributed by atoms with E-state index in [-0.39, 0.29) is 18.8 Å². The van der Waals surface area contributed by atoms with Crippen LogP contribution in [0, 0.1) is 9.06 Å². The molecule has 0 radical (unpaired) electrons. The Labute approximate surface area is 136 Å². The maximum atomic E-state index is 14.7. The first-order valence-electron chi connectivity index (χ1n) is 6.79. The van der Waals surface area contributed by atoms with Gasteiger partial charge in [-0.05, 0) is 37.0 Å². The number of benzene rings is 1. The Kier molecular flexibility index (Phi) is 5.11. The summed E-state index contributed by atoms with van der Waals surface area (Å²) in [5.41, 5.74) is -1.93. The van der Waals surface area contributed by atoms with E-state index in [4.69, 9.17) is 17.0 Å². The van der Waals surface area contributed by atoms with Gasteiger partial charge in [0, 0.05) is 4.70 Å². The topological polar surface area (TPSA) is 26.3 Å². The van der Waals surface area contributed by atoms with E-state index in [0.717, 1.165) is 12.5 Å². The number of halogens is 1. The van der Waals surface area contributed by atoms with Crippen LogP contribution < -0.4 is 4.74 Å². The van der Waals surface area contributed by atoms with Gasteiger partial charge in [0.25, 0.3) is 0 Å². The van der Waals surface area contributed by atoms with Gasteiger partial charge in [0.1, 0.15) is 8.89 Å². The maximum Gasteiger partial charge on any atom is 0.349 e. The molecule has 1 unspecified atom stereocenters. The second-order valence-electron chi connectivity index (χ2n) is 5.37. The van der Waals surface area contributed by atoms with Crippen molar-refractivity contribution in [2.24, 2.45) is 5.92 Å². The summed E-state index contributed by atoms with van der Waals surface area (Å²) in [6.45, 7) is 5.44. The first kappa shape index (κ1) is 16.5. The van der Waals surface area contributed by atoms with Crippen molar-refractivity contribution < 1.29 is 13.9 Å². The second kappa shape index (κ2) is 6.50. The molecule has 0 aliphatic carbocycles. The highest BCUT2D eigenvalue weighted by atomic mass is 32.2. The molecule has 2 nitrogen and oxygen atoms in total. The highest BCUT2D eigenvalue weighted by Crippen LogP contribution is 2.33. The van der Waals surface area contributed by atoms with Crippen LogP contribution in [0.5, 0.6) is 5.75 Å². The predicted octanol–water partition coefficient (Wildman–Crippen LogP) is 5.76. The number of ether oxygens (including phenoxy) is 1. The lowest BCUT2D eigenvalue weighted by atomic mass is 9.92. The average molecular weight is 344 g/mol. The molecule has 1 aromatic heterocycles. The van der Waals surface area contributed by atoms with Crippen LogP contribution in [0.1, 0.15) is 33.6 Å². The van der Waals surface area contributed by atoms with E-state index in [2.05, 4.69) is 0 Å². The molecule has 0 saturated carbocycles. The number of hydrogen-bond donors (Lipinski definition) is 0. The molecule has 0 saturated heterocycles. The van der Waals surface area contributed by atoms with E-state index in [1.165, 1.54) is 22.7 Å². The van der Waals surface area contributed by atoms with E-state index >= 15 is 0 Å². The average Bonchev–Trinajstić information content (AvgIpc) is 2.77. The fourth-order valence-electron chi connectivity index (χ4n) is 2.13. The number of alkyl halides is 1. The van der Waals surface area contributed by atoms with E-state index in [0.29, 0.717) is 5.75 Å². The summed E-state index contributed by atoms with van der Waals surface area (Å²) in [6, 6.07) is 5.28. The molecule has 0 fully saturated rings. The summed E-state index contributed by atoms with van der Waals surface area (Å²) in [5.74, 6) is -0.348. The van der Waals surface area contributed by atoms with Crippen molar-refractivity contribution in [1.82, 2.24) is 0 Å². The number of rotatable bonds is 5. The number of hydrogen-bond acceptors (Lipinski definition) is 5. The van der Waals surface area contributed by atoms with Gasteiger partial charge in [-0.2, -0.15) is 0 Å². The summed E-state index contributed by atoms with van der Waals surface area (Å²) in [4.78, 5) is 12.1. The fourth-order valence-corrected chi connectivity index (χ4v) is 4.63. The van der Waals surface area contributed by atoms with E-state index < -0.39 is 11.6 Å². The maximum absolute atomic E-state index is 14.7. The molecule has 0 N–H and O–H groups in total. The third-order valence-electron chi connectivity index (χ3n) is 3.17. The minimum atomic E-state index is -1.93. The molecule has 114 valence electrons. The van der Waals surface area contributed by atoms with Crippen molar-refractivity contribution in [3.8, 4) is 5.75 Å². The Morgan fingerprint density at radius 3 is 2.67 bits per heavy atom. The molecule has 0 bridgehead atoms. The van der Waals surface area contributed by atoms with Gasteiger partial charge in [0.2, 0.25) is 5.67 Å². The minimum Gasteiger partial charge on any atom is -0.424 e. The van der Waals surface area contributed by atoms with Crippen LogP contribution >= 0.6 is 34.9 Å². The van der Waals surface area contributed by atoms with E-state index in [9.17, 15) is 9.18 Å². The number of carbonyl (C=O) groups is 1. The molecule has 0 aliphatic rings. The Bertz CT molecular complexity index is 704. The first-order chi connectivity index (χ1) is 9.84. The van der Waals surface area contributed by atoms with Crippen molar-refractivity contribution in [3.63, 3.8) is 0 Å². The monoisotopic (exact) mass is 344 g/mol. The Hall–Kier alpha value is -0.850. The summed E-state index contributed by atoms with van der Waals surface area (Å²) >= 11 is 8.12. The van der Waals surface area contributed by atoms with E-state index in [1.54, 1.807) is 19.1 Å². The second-order valence-corrected chi connectivity index (χ2v) is 8.66. The number of carbonyl (C=O) groups excluding carboxylic acids is 1. The molecule has 1 atom stereocenters. The Balaban J connectivity index is 2.21. The SMILES string of the molecule is CCC(F)(CC(C)C)C(=O)Oc1ccc2sc(=S)sc2c1. The van der Waals surface area contributed by atoms with Gasteiger partial charge >= 0.3 is 5.97 Å². The van der Waals surface area contributed by atoms with Crippen molar-refractivity contribution in [2.45, 2.75) is 39.3 Å². The zero-order valence-electron chi connectivity index (χ0n) is 12.1. The molecule has 21 heavy (non-hydrogen) atoms. The Morgan fingerprint density at radius 1 is 1.38 bits per heavy atom. The van der Waals surface area contributed by atoms with Gasteiger partial charge in [-0.3, -0.25) is 0 Å². The third-order valence-corrected chi connectivity index (χ3v) is 5.77. The van der Waals surface area contributed by atoms with Crippen molar-refractivity contribution in [2.75, 3.05) is 0 Å². The largest absolute Gasteiger partial charge is 0.424 e. The van der Waals surface area contributed by atoms with Gasteiger partial charge < -0.3 is 4.74 Å². The molecule has 2 aromatic rings. The standard InChI is InChI=1S/C15H17FO2S3/c1-4-15(16,8-9(2)3)13(17)18-10-5-6-11-12(7-10)21-14(19)20-11/h5-7,9H,4,8H2,1-3H3. The molecular formula is C15H17FO2S3. The molecule has 6 heteroatoms. The normalized spacial score (nSPS) is 14.3. The van der Waals surface area contributed by atoms with Crippen LogP contribution in [-0.4, -0.2) is 11.6 Å². The summed E-state index contributed by atoms with van der Waals surface area (Å²) in [6.07, 6.45) is 0.283. The van der Waals surface area contributed by atoms with Crippen LogP contribution in [0.4, 0.5) is 4.39 Å². The zero-order chi connectivity index (χ0) is 15.6. The van der Waals surface area contributed by atoms with Gasteiger partial charge in [0.05, 0.1) is 4.70 Å². The molecular weight excluding hydrogens is 327 g/mol. The fraction of sp³-hybridized carbons (Fsp3) is 0.467. The van der Waals surface area contributed by atoms with Gasteiger partial charge in [0.15, 0.2) is 0 Å². The number of esters is 1. The summed E-state index contributed by atoms with van der Waals surface area (Å²) in [7, 11) is 0. The minimum absolute atomic E-state index is 0.0897. The quantitative estimate of drug-likeness (QED) is 0.392. The van der Waals surface area contributed by atoms with Crippen LogP contribution in [0.25, 0.3) is 9.40 Å². The molecule has 1 aromatic carbocycles. The van der Waals surface area contributed by atoms with Crippen LogP contribution in [0.15, 0.2) is 18.2 Å². The lowest BCUT2D eigenvalue weighted by Crippen LogP contribution is -2.38. The molecule has 2 rings (SSSR count). The highest BCUT2D eigenvalue weighted by Gasteiger charge is 2.39. The molecule has 0 aliphatic heterocycles. The first-order valence-corrected chi connectivity index (χ1v) is 8.83. The number of fused-ring (bicyclic) bond motifs is 1. The molecule has 0 amide bonds. The third kappa shape index (κ3) is 3.87. The van der Waals surface area contributed by atoms with Crippen molar-refractivity contribution >= 4 is 50.3 Å². The van der Waals surface area contributed by atoms with Crippen LogP contribution in [0.2, 0.25) is 0 Å². The summed E-state index contributed by atoms with van der Waals surface area (Å²) < 4.78 is 22.8. The van der Waals surface area contributed by atoms with E-state index in [1.807, 2.05) is 19.9 Å². The van der Waals surface area contributed by atoms with Gasteiger partial charge in [-0.25, -0.2) is 9.18 Å². The molecule has 1 heterocycles. The predicted molar refractivity (Wildman–Crippen MR) is 89.8 cm³/mol. The van der Waals surface area contributed by atoms with Crippen molar-refractivity contribution in [1.29, 1.82) is 0 Å². The molecule has 0 spiro atoms. The Morgan fingerprint density at radius 2 is 2.05 bits per heavy atom.